The molecule has 0 aliphatic carbocycles. The van der Waals surface area contributed by atoms with Gasteiger partial charge in [0.15, 0.2) is 0 Å². The lowest BCUT2D eigenvalue weighted by Crippen LogP contribution is -2.07. The van der Waals surface area contributed by atoms with Crippen molar-refractivity contribution in [2.75, 3.05) is 6.61 Å². The first-order valence-electron chi connectivity index (χ1n) is 11.2. The molecule has 0 radical (unpaired) electrons. The van der Waals surface area contributed by atoms with Crippen LogP contribution >= 0.6 is 0 Å². The standard InChI is InChI=1S/C12H26.C11H16O4S/c1-3-5-7-9-11-12-10-8-6-4-2;1-2-3-7-10-14-15-16(12,13)11-8-5-4-6-9-11/h3-12H2,1-2H3;4-6,8-9H,2-3,7,10H2,1H3. The normalized spacial score (nSPS) is 11.1. The third kappa shape index (κ3) is 16.1. The van der Waals surface area contributed by atoms with E-state index in [1.165, 1.54) is 76.3 Å². The van der Waals surface area contributed by atoms with Gasteiger partial charge in [-0.3, -0.25) is 0 Å². The maximum atomic E-state index is 11.5. The van der Waals surface area contributed by atoms with Crippen molar-refractivity contribution in [2.45, 2.75) is 109 Å². The predicted octanol–water partition coefficient (Wildman–Crippen LogP) is 7.44. The molecule has 1 aromatic rings. The molecule has 0 spiro atoms. The van der Waals surface area contributed by atoms with E-state index in [-0.39, 0.29) is 4.90 Å². The van der Waals surface area contributed by atoms with Gasteiger partial charge < -0.3 is 0 Å². The van der Waals surface area contributed by atoms with Crippen LogP contribution in [0.2, 0.25) is 0 Å². The Labute approximate surface area is 174 Å². The van der Waals surface area contributed by atoms with E-state index in [1.807, 2.05) is 0 Å². The molecule has 0 N–H and O–H groups in total. The van der Waals surface area contributed by atoms with E-state index in [0.717, 1.165) is 19.3 Å². The van der Waals surface area contributed by atoms with E-state index in [0.29, 0.717) is 6.61 Å². The molecular weight excluding hydrogens is 372 g/mol. The Morgan fingerprint density at radius 2 is 1.07 bits per heavy atom. The van der Waals surface area contributed by atoms with Crippen molar-refractivity contribution in [1.29, 1.82) is 0 Å². The van der Waals surface area contributed by atoms with Gasteiger partial charge in [0.1, 0.15) is 0 Å². The highest BCUT2D eigenvalue weighted by Gasteiger charge is 2.15. The summed E-state index contributed by atoms with van der Waals surface area (Å²) in [6, 6.07) is 7.93. The summed E-state index contributed by atoms with van der Waals surface area (Å²) in [5.74, 6) is 0. The van der Waals surface area contributed by atoms with Crippen LogP contribution in [0.4, 0.5) is 0 Å². The SMILES string of the molecule is CCCCCCCCCCCC.CCCCCOOS(=O)(=O)c1ccccc1. The molecule has 0 atom stereocenters. The minimum absolute atomic E-state index is 0.102. The predicted molar refractivity (Wildman–Crippen MR) is 118 cm³/mol. The average molecular weight is 415 g/mol. The first kappa shape index (κ1) is 27.1. The Kier molecular flexibility index (Phi) is 18.8. The Bertz CT molecular complexity index is 519. The summed E-state index contributed by atoms with van der Waals surface area (Å²) in [5, 5.41) is 0. The molecule has 0 saturated carbocycles. The highest BCUT2D eigenvalue weighted by atomic mass is 32.2. The van der Waals surface area contributed by atoms with Gasteiger partial charge in [-0.25, -0.2) is 4.89 Å². The van der Waals surface area contributed by atoms with E-state index >= 15 is 0 Å². The summed E-state index contributed by atoms with van der Waals surface area (Å²) >= 11 is 0. The summed E-state index contributed by atoms with van der Waals surface area (Å²) in [5.41, 5.74) is 0. The minimum Gasteiger partial charge on any atom is -0.220 e. The molecule has 0 aliphatic heterocycles. The Hall–Kier alpha value is -0.910. The molecule has 0 heterocycles. The highest BCUT2D eigenvalue weighted by molar-refractivity contribution is 7.86. The molecule has 1 rings (SSSR count). The van der Waals surface area contributed by atoms with Crippen molar-refractivity contribution >= 4 is 10.1 Å². The molecule has 0 aromatic heterocycles. The molecular formula is C23H42O4S. The summed E-state index contributed by atoms with van der Waals surface area (Å²) in [6.45, 7) is 6.91. The zero-order valence-electron chi connectivity index (χ0n) is 18.3. The number of rotatable bonds is 16. The summed E-state index contributed by atoms with van der Waals surface area (Å²) < 4.78 is 27.5. The van der Waals surface area contributed by atoms with Gasteiger partial charge in [-0.2, -0.15) is 8.42 Å². The smallest absolute Gasteiger partial charge is 0.220 e. The molecule has 0 unspecified atom stereocenters. The molecule has 0 fully saturated rings. The maximum absolute atomic E-state index is 11.5. The molecule has 28 heavy (non-hydrogen) atoms. The average Bonchev–Trinajstić information content (AvgIpc) is 2.71. The van der Waals surface area contributed by atoms with Crippen molar-refractivity contribution in [2.24, 2.45) is 0 Å². The summed E-state index contributed by atoms with van der Waals surface area (Å²) in [6.07, 6.45) is 17.3. The van der Waals surface area contributed by atoms with Gasteiger partial charge in [0.25, 0.3) is 0 Å². The Morgan fingerprint density at radius 1 is 0.643 bits per heavy atom. The third-order valence-electron chi connectivity index (χ3n) is 4.46. The topological polar surface area (TPSA) is 52.6 Å². The zero-order chi connectivity index (χ0) is 20.9. The van der Waals surface area contributed by atoms with Crippen molar-refractivity contribution in [3.8, 4) is 0 Å². The number of hydrogen-bond donors (Lipinski definition) is 0. The molecule has 0 aliphatic rings. The number of benzene rings is 1. The van der Waals surface area contributed by atoms with Gasteiger partial charge in [-0.1, -0.05) is 116 Å². The van der Waals surface area contributed by atoms with Crippen molar-refractivity contribution < 1.29 is 17.6 Å². The molecule has 0 bridgehead atoms. The molecule has 4 nitrogen and oxygen atoms in total. The van der Waals surface area contributed by atoms with Crippen molar-refractivity contribution in [1.82, 2.24) is 0 Å². The first-order valence-corrected chi connectivity index (χ1v) is 12.6. The quantitative estimate of drug-likeness (QED) is 0.160. The van der Waals surface area contributed by atoms with E-state index in [1.54, 1.807) is 18.2 Å². The van der Waals surface area contributed by atoms with Gasteiger partial charge in [-0.15, -0.1) is 4.33 Å². The molecule has 5 heteroatoms. The van der Waals surface area contributed by atoms with Crippen molar-refractivity contribution in [3.63, 3.8) is 0 Å². The minimum atomic E-state index is -3.77. The van der Waals surface area contributed by atoms with Crippen LogP contribution < -0.4 is 0 Å². The summed E-state index contributed by atoms with van der Waals surface area (Å²) in [4.78, 5) is 4.77. The Morgan fingerprint density at radius 3 is 1.54 bits per heavy atom. The van der Waals surface area contributed by atoms with Crippen LogP contribution in [0.15, 0.2) is 35.2 Å². The monoisotopic (exact) mass is 414 g/mol. The molecule has 0 saturated heterocycles. The van der Waals surface area contributed by atoms with Crippen LogP contribution in [0.3, 0.4) is 0 Å². The van der Waals surface area contributed by atoms with Gasteiger partial charge in [-0.05, 0) is 18.6 Å². The van der Waals surface area contributed by atoms with Crippen molar-refractivity contribution in [3.05, 3.63) is 30.3 Å². The highest BCUT2D eigenvalue weighted by Crippen LogP contribution is 2.12. The fourth-order valence-electron chi connectivity index (χ4n) is 2.70. The molecule has 1 aromatic carbocycles. The van der Waals surface area contributed by atoms with Gasteiger partial charge >= 0.3 is 10.1 Å². The second kappa shape index (κ2) is 19.4. The molecule has 164 valence electrons. The lowest BCUT2D eigenvalue weighted by Gasteiger charge is -2.04. The van der Waals surface area contributed by atoms with Crippen LogP contribution in [-0.2, 0) is 19.3 Å². The van der Waals surface area contributed by atoms with Crippen LogP contribution in [0, 0.1) is 0 Å². The fourth-order valence-corrected chi connectivity index (χ4v) is 3.46. The van der Waals surface area contributed by atoms with Crippen LogP contribution in [0.25, 0.3) is 0 Å². The van der Waals surface area contributed by atoms with E-state index in [9.17, 15) is 8.42 Å². The second-order valence-electron chi connectivity index (χ2n) is 7.19. The molecule has 0 amide bonds. The largest absolute Gasteiger partial charge is 0.323 e. The van der Waals surface area contributed by atoms with Crippen LogP contribution in [0.5, 0.6) is 0 Å². The first-order chi connectivity index (χ1) is 13.6. The lowest BCUT2D eigenvalue weighted by molar-refractivity contribution is -0.202. The Balaban J connectivity index is 0.000000546. The van der Waals surface area contributed by atoms with Gasteiger partial charge in [0, 0.05) is 0 Å². The van der Waals surface area contributed by atoms with E-state index < -0.39 is 10.1 Å². The van der Waals surface area contributed by atoms with Crippen LogP contribution in [0.1, 0.15) is 104 Å². The van der Waals surface area contributed by atoms with E-state index in [2.05, 4.69) is 30.0 Å². The van der Waals surface area contributed by atoms with Gasteiger partial charge in [0.2, 0.25) is 0 Å². The second-order valence-corrected chi connectivity index (χ2v) is 8.71. The third-order valence-corrected chi connectivity index (χ3v) is 5.58. The van der Waals surface area contributed by atoms with E-state index in [4.69, 9.17) is 0 Å². The maximum Gasteiger partial charge on any atom is 0.323 e. The fraction of sp³-hybridized carbons (Fsp3) is 0.739. The lowest BCUT2D eigenvalue weighted by atomic mass is 10.1. The van der Waals surface area contributed by atoms with Gasteiger partial charge in [0.05, 0.1) is 11.5 Å². The number of hydrogen-bond acceptors (Lipinski definition) is 4. The number of unbranched alkanes of at least 4 members (excludes halogenated alkanes) is 11. The summed E-state index contributed by atoms with van der Waals surface area (Å²) in [7, 11) is -3.77. The zero-order valence-corrected chi connectivity index (χ0v) is 19.1. The van der Waals surface area contributed by atoms with Crippen LogP contribution in [-0.4, -0.2) is 15.0 Å².